The average Bonchev–Trinajstić information content (AvgIpc) is 2.83. The number of carbonyl (C=O) groups is 1. The van der Waals surface area contributed by atoms with Crippen molar-refractivity contribution >= 4 is 12.1 Å². The van der Waals surface area contributed by atoms with Gasteiger partial charge in [0.05, 0.1) is 24.8 Å². The lowest BCUT2D eigenvalue weighted by Crippen LogP contribution is -2.06. The summed E-state index contributed by atoms with van der Waals surface area (Å²) in [6.45, 7) is 0.284. The van der Waals surface area contributed by atoms with Gasteiger partial charge < -0.3 is 14.9 Å². The number of methoxy groups -OCH3 is 1. The van der Waals surface area contributed by atoms with Crippen LogP contribution in [0.15, 0.2) is 30.3 Å². The topological polar surface area (TPSA) is 87.3 Å². The third kappa shape index (κ3) is 2.76. The monoisotopic (exact) mass is 261 g/mol. The van der Waals surface area contributed by atoms with Gasteiger partial charge in [-0.2, -0.15) is 4.68 Å². The molecular formula is C12H11N3O4. The Morgan fingerprint density at radius 3 is 2.63 bits per heavy atom. The Morgan fingerprint density at radius 2 is 2.11 bits per heavy atom. The largest absolute Gasteiger partial charge is 0.497 e. The molecule has 7 heteroatoms. The number of carbonyl (C=O) groups excluding carboxylic acids is 1. The van der Waals surface area contributed by atoms with E-state index in [1.165, 1.54) is 4.68 Å². The molecule has 0 unspecified atom stereocenters. The fourth-order valence-electron chi connectivity index (χ4n) is 1.63. The highest BCUT2D eigenvalue weighted by Crippen LogP contribution is 2.15. The molecule has 0 bridgehead atoms. The van der Waals surface area contributed by atoms with Gasteiger partial charge in [0, 0.05) is 0 Å². The predicted octanol–water partition coefficient (Wildman–Crippen LogP) is 1.66. The fourth-order valence-corrected chi connectivity index (χ4v) is 1.63. The van der Waals surface area contributed by atoms with E-state index in [2.05, 4.69) is 5.10 Å². The summed E-state index contributed by atoms with van der Waals surface area (Å²) in [7, 11) is 1.57. The summed E-state index contributed by atoms with van der Waals surface area (Å²) < 4.78 is 6.33. The van der Waals surface area contributed by atoms with Gasteiger partial charge in [0.1, 0.15) is 11.4 Å². The molecule has 0 amide bonds. The van der Waals surface area contributed by atoms with Gasteiger partial charge in [-0.3, -0.25) is 4.79 Å². The zero-order chi connectivity index (χ0) is 13.8. The van der Waals surface area contributed by atoms with E-state index in [0.717, 1.165) is 11.6 Å². The number of benzene rings is 1. The van der Waals surface area contributed by atoms with Crippen molar-refractivity contribution in [3.63, 3.8) is 0 Å². The lowest BCUT2D eigenvalue weighted by molar-refractivity contribution is -0.389. The number of nitrogens with zero attached hydrogens (tertiary/aromatic N) is 3. The summed E-state index contributed by atoms with van der Waals surface area (Å²) in [6.07, 6.45) is 0.545. The second-order valence-corrected chi connectivity index (χ2v) is 3.81. The van der Waals surface area contributed by atoms with Gasteiger partial charge in [0.15, 0.2) is 6.29 Å². The van der Waals surface area contributed by atoms with E-state index < -0.39 is 4.92 Å². The minimum Gasteiger partial charge on any atom is -0.497 e. The number of aromatic nitrogens is 2. The molecule has 0 spiro atoms. The number of nitro groups is 1. The standard InChI is InChI=1S/C12H11N3O4/c1-19-11-4-2-9(3-5-11)7-14-10(8-16)6-12(13-14)15(17)18/h2-6,8H,7H2,1H3. The van der Waals surface area contributed by atoms with E-state index in [4.69, 9.17) is 4.74 Å². The van der Waals surface area contributed by atoms with Crippen LogP contribution < -0.4 is 4.74 Å². The lowest BCUT2D eigenvalue weighted by Gasteiger charge is -2.02. The van der Waals surface area contributed by atoms with Crippen molar-refractivity contribution in [1.29, 1.82) is 0 Å². The molecule has 2 rings (SSSR count). The van der Waals surface area contributed by atoms with E-state index in [1.54, 1.807) is 31.4 Å². The summed E-state index contributed by atoms with van der Waals surface area (Å²) in [6, 6.07) is 8.31. The van der Waals surface area contributed by atoms with Gasteiger partial charge in [-0.25, -0.2) is 0 Å². The highest BCUT2D eigenvalue weighted by molar-refractivity contribution is 5.73. The minimum atomic E-state index is -0.627. The van der Waals surface area contributed by atoms with E-state index in [9.17, 15) is 14.9 Å². The van der Waals surface area contributed by atoms with Gasteiger partial charge in [-0.15, -0.1) is 0 Å². The van der Waals surface area contributed by atoms with E-state index in [-0.39, 0.29) is 18.1 Å². The predicted molar refractivity (Wildman–Crippen MR) is 66.4 cm³/mol. The van der Waals surface area contributed by atoms with Crippen LogP contribution in [0.25, 0.3) is 0 Å². The quantitative estimate of drug-likeness (QED) is 0.464. The van der Waals surface area contributed by atoms with Crippen LogP contribution in [0.4, 0.5) is 5.82 Å². The Morgan fingerprint density at radius 1 is 1.42 bits per heavy atom. The van der Waals surface area contributed by atoms with Gasteiger partial charge >= 0.3 is 5.82 Å². The number of hydrogen-bond acceptors (Lipinski definition) is 5. The van der Waals surface area contributed by atoms with Crippen LogP contribution in [0.1, 0.15) is 16.1 Å². The Balaban J connectivity index is 2.26. The molecule has 1 aromatic carbocycles. The summed E-state index contributed by atoms with van der Waals surface area (Å²) >= 11 is 0. The average molecular weight is 261 g/mol. The summed E-state index contributed by atoms with van der Waals surface area (Å²) in [4.78, 5) is 20.8. The maximum Gasteiger partial charge on any atom is 0.390 e. The molecule has 0 N–H and O–H groups in total. The number of rotatable bonds is 5. The molecule has 0 aliphatic heterocycles. The van der Waals surface area contributed by atoms with Crippen molar-refractivity contribution in [2.75, 3.05) is 7.11 Å². The van der Waals surface area contributed by atoms with Gasteiger partial charge in [0.2, 0.25) is 0 Å². The SMILES string of the molecule is COc1ccc(Cn2nc([N+](=O)[O-])cc2C=O)cc1. The smallest absolute Gasteiger partial charge is 0.390 e. The Labute approximate surface area is 108 Å². The normalized spacial score (nSPS) is 10.2. The van der Waals surface area contributed by atoms with Gasteiger partial charge in [0.25, 0.3) is 0 Å². The molecule has 7 nitrogen and oxygen atoms in total. The second kappa shape index (κ2) is 5.30. The minimum absolute atomic E-state index is 0.169. The van der Waals surface area contributed by atoms with Gasteiger partial charge in [-0.1, -0.05) is 12.1 Å². The van der Waals surface area contributed by atoms with Crippen LogP contribution in [-0.2, 0) is 6.54 Å². The molecule has 1 aromatic heterocycles. The highest BCUT2D eigenvalue weighted by atomic mass is 16.6. The highest BCUT2D eigenvalue weighted by Gasteiger charge is 2.17. The summed E-state index contributed by atoms with van der Waals surface area (Å²) in [5.74, 6) is 0.376. The van der Waals surface area contributed by atoms with Crippen LogP contribution in [0.2, 0.25) is 0 Å². The molecule has 19 heavy (non-hydrogen) atoms. The molecule has 0 aliphatic rings. The third-order valence-electron chi connectivity index (χ3n) is 2.60. The van der Waals surface area contributed by atoms with Crippen LogP contribution in [0.3, 0.4) is 0 Å². The zero-order valence-corrected chi connectivity index (χ0v) is 10.1. The molecule has 0 fully saturated rings. The Hall–Kier alpha value is -2.70. The molecule has 98 valence electrons. The molecule has 0 aliphatic carbocycles. The molecule has 1 heterocycles. The van der Waals surface area contributed by atoms with Crippen LogP contribution >= 0.6 is 0 Å². The van der Waals surface area contributed by atoms with E-state index >= 15 is 0 Å². The van der Waals surface area contributed by atoms with Crippen molar-refractivity contribution in [3.8, 4) is 5.75 Å². The first kappa shape index (κ1) is 12.7. The van der Waals surface area contributed by atoms with E-state index in [0.29, 0.717) is 12.0 Å². The van der Waals surface area contributed by atoms with Gasteiger partial charge in [-0.05, 0) is 22.6 Å². The Bertz CT molecular complexity index is 604. The van der Waals surface area contributed by atoms with Crippen LogP contribution in [0, 0.1) is 10.1 Å². The summed E-state index contributed by atoms with van der Waals surface area (Å²) in [5, 5.41) is 14.4. The zero-order valence-electron chi connectivity index (χ0n) is 10.1. The van der Waals surface area contributed by atoms with Crippen molar-refractivity contribution in [2.45, 2.75) is 6.54 Å². The van der Waals surface area contributed by atoms with E-state index in [1.807, 2.05) is 0 Å². The first-order valence-corrected chi connectivity index (χ1v) is 5.44. The molecule has 2 aromatic rings. The number of ether oxygens (including phenoxy) is 1. The van der Waals surface area contributed by atoms with Crippen molar-refractivity contribution in [1.82, 2.24) is 9.78 Å². The maximum absolute atomic E-state index is 10.9. The lowest BCUT2D eigenvalue weighted by atomic mass is 10.2. The first-order chi connectivity index (χ1) is 9.13. The van der Waals surface area contributed by atoms with Crippen LogP contribution in [0.5, 0.6) is 5.75 Å². The molecule has 0 saturated heterocycles. The fraction of sp³-hybridized carbons (Fsp3) is 0.167. The molecule has 0 saturated carbocycles. The van der Waals surface area contributed by atoms with Crippen molar-refractivity contribution in [3.05, 3.63) is 51.7 Å². The molecule has 0 radical (unpaired) electrons. The number of hydrogen-bond donors (Lipinski definition) is 0. The van der Waals surface area contributed by atoms with Crippen molar-refractivity contribution < 1.29 is 14.5 Å². The maximum atomic E-state index is 10.9. The molecular weight excluding hydrogens is 250 g/mol. The Kier molecular flexibility index (Phi) is 3.56. The van der Waals surface area contributed by atoms with Crippen molar-refractivity contribution in [2.24, 2.45) is 0 Å². The first-order valence-electron chi connectivity index (χ1n) is 5.44. The number of aldehydes is 1. The summed E-state index contributed by atoms with van der Waals surface area (Å²) in [5.41, 5.74) is 1.03. The third-order valence-corrected chi connectivity index (χ3v) is 2.60. The molecule has 0 atom stereocenters. The van der Waals surface area contributed by atoms with Crippen LogP contribution in [-0.4, -0.2) is 28.1 Å². The second-order valence-electron chi connectivity index (χ2n) is 3.81.